The summed E-state index contributed by atoms with van der Waals surface area (Å²) in [6.45, 7) is 5.77. The van der Waals surface area contributed by atoms with Crippen LogP contribution in [0.15, 0.2) is 42.5 Å². The highest BCUT2D eigenvalue weighted by Gasteiger charge is 2.20. The van der Waals surface area contributed by atoms with Gasteiger partial charge in [0.2, 0.25) is 5.91 Å². The van der Waals surface area contributed by atoms with Crippen molar-refractivity contribution in [3.8, 4) is 0 Å². The minimum absolute atomic E-state index is 0.0851. The lowest BCUT2D eigenvalue weighted by atomic mass is 9.95. The Morgan fingerprint density at radius 1 is 1.00 bits per heavy atom. The van der Waals surface area contributed by atoms with Crippen molar-refractivity contribution in [3.05, 3.63) is 65.0 Å². The van der Waals surface area contributed by atoms with Crippen LogP contribution in [-0.2, 0) is 11.3 Å². The van der Waals surface area contributed by atoms with E-state index in [1.165, 1.54) is 0 Å². The number of carbonyl (C=O) groups excluding carboxylic acids is 2. The Balaban J connectivity index is 2.05. The number of aromatic carboxylic acids is 1. The molecule has 7 heteroatoms. The van der Waals surface area contributed by atoms with E-state index < -0.39 is 23.1 Å². The number of halogens is 1. The van der Waals surface area contributed by atoms with Gasteiger partial charge in [0.25, 0.3) is 5.91 Å². The third-order valence-corrected chi connectivity index (χ3v) is 3.81. The Morgan fingerprint density at radius 3 is 2.15 bits per heavy atom. The normalized spacial score (nSPS) is 11.0. The molecule has 2 aromatic carbocycles. The molecule has 27 heavy (non-hydrogen) atoms. The fourth-order valence-corrected chi connectivity index (χ4v) is 2.17. The zero-order valence-corrected chi connectivity index (χ0v) is 15.3. The molecule has 0 saturated carbocycles. The van der Waals surface area contributed by atoms with Crippen LogP contribution in [0, 0.1) is 11.2 Å². The summed E-state index contributed by atoms with van der Waals surface area (Å²) in [5, 5.41) is 14.1. The number of carboxylic acids is 1. The fourth-order valence-electron chi connectivity index (χ4n) is 2.17. The van der Waals surface area contributed by atoms with Gasteiger partial charge in [-0.05, 0) is 35.9 Å². The third kappa shape index (κ3) is 5.37. The molecule has 0 aliphatic heterocycles. The summed E-state index contributed by atoms with van der Waals surface area (Å²) in [7, 11) is 0. The van der Waals surface area contributed by atoms with E-state index in [0.717, 1.165) is 23.8 Å². The molecule has 0 spiro atoms. The summed E-state index contributed by atoms with van der Waals surface area (Å²) in [5.41, 5.74) is 0.260. The molecule has 2 rings (SSSR count). The molecule has 0 aliphatic rings. The maximum absolute atomic E-state index is 13.8. The summed E-state index contributed by atoms with van der Waals surface area (Å²) in [5.74, 6) is -2.60. The van der Waals surface area contributed by atoms with E-state index in [-0.39, 0.29) is 22.7 Å². The molecule has 0 radical (unpaired) electrons. The van der Waals surface area contributed by atoms with Crippen molar-refractivity contribution in [2.24, 2.45) is 5.41 Å². The zero-order chi connectivity index (χ0) is 20.2. The van der Waals surface area contributed by atoms with E-state index >= 15 is 0 Å². The first kappa shape index (κ1) is 20.1. The third-order valence-electron chi connectivity index (χ3n) is 3.81. The molecule has 142 valence electrons. The second kappa shape index (κ2) is 7.99. The Morgan fingerprint density at radius 2 is 1.59 bits per heavy atom. The number of amides is 2. The Kier molecular flexibility index (Phi) is 5.95. The van der Waals surface area contributed by atoms with Crippen molar-refractivity contribution < 1.29 is 23.9 Å². The lowest BCUT2D eigenvalue weighted by Gasteiger charge is -2.17. The molecule has 0 saturated heterocycles. The number of carbonyl (C=O) groups is 3. The topological polar surface area (TPSA) is 95.5 Å². The molecule has 2 aromatic rings. The highest BCUT2D eigenvalue weighted by atomic mass is 19.1. The van der Waals surface area contributed by atoms with Crippen molar-refractivity contribution in [1.82, 2.24) is 5.32 Å². The summed E-state index contributed by atoms with van der Waals surface area (Å²) in [6.07, 6.45) is 0. The number of rotatable bonds is 5. The average molecular weight is 372 g/mol. The van der Waals surface area contributed by atoms with Crippen molar-refractivity contribution in [1.29, 1.82) is 0 Å². The molecule has 0 aromatic heterocycles. The van der Waals surface area contributed by atoms with Crippen LogP contribution in [0.5, 0.6) is 0 Å². The second-order valence-electron chi connectivity index (χ2n) is 7.08. The quantitative estimate of drug-likeness (QED) is 0.749. The summed E-state index contributed by atoms with van der Waals surface area (Å²) in [6, 6.07) is 9.63. The molecule has 0 aliphatic carbocycles. The monoisotopic (exact) mass is 372 g/mol. The van der Waals surface area contributed by atoms with Gasteiger partial charge < -0.3 is 15.7 Å². The molecule has 6 nitrogen and oxygen atoms in total. The molecule has 0 unspecified atom stereocenters. The molecule has 0 fully saturated rings. The first-order valence-electron chi connectivity index (χ1n) is 8.29. The molecule has 0 atom stereocenters. The summed E-state index contributed by atoms with van der Waals surface area (Å²) in [4.78, 5) is 35.1. The van der Waals surface area contributed by atoms with Crippen LogP contribution in [0.1, 0.15) is 47.1 Å². The lowest BCUT2D eigenvalue weighted by molar-refractivity contribution is -0.128. The van der Waals surface area contributed by atoms with Gasteiger partial charge in [-0.2, -0.15) is 0 Å². The van der Waals surface area contributed by atoms with Crippen molar-refractivity contribution in [3.63, 3.8) is 0 Å². The van der Waals surface area contributed by atoms with Crippen molar-refractivity contribution in [2.75, 3.05) is 5.32 Å². The standard InChI is InChI=1S/C20H21FN2O4/c1-20(2,3)19(27)22-11-12-4-6-13(7-5-12)17(24)23-16-10-14(18(25)26)8-9-15(16)21/h4-10H,11H2,1-3H3,(H,22,27)(H,23,24)(H,25,26). The molecule has 0 bridgehead atoms. The van der Waals surface area contributed by atoms with E-state index in [9.17, 15) is 18.8 Å². The number of nitrogens with one attached hydrogen (secondary N) is 2. The van der Waals surface area contributed by atoms with Crippen LogP contribution in [0.2, 0.25) is 0 Å². The van der Waals surface area contributed by atoms with Gasteiger partial charge in [-0.25, -0.2) is 9.18 Å². The van der Waals surface area contributed by atoms with E-state index in [1.807, 2.05) is 20.8 Å². The summed E-state index contributed by atoms with van der Waals surface area (Å²) >= 11 is 0. The van der Waals surface area contributed by atoms with E-state index in [2.05, 4.69) is 10.6 Å². The van der Waals surface area contributed by atoms with Crippen molar-refractivity contribution in [2.45, 2.75) is 27.3 Å². The number of hydrogen-bond donors (Lipinski definition) is 3. The van der Waals surface area contributed by atoms with Gasteiger partial charge in [-0.15, -0.1) is 0 Å². The molecular weight excluding hydrogens is 351 g/mol. The Hall–Kier alpha value is -3.22. The van der Waals surface area contributed by atoms with Gasteiger partial charge in [0, 0.05) is 17.5 Å². The number of anilines is 1. The van der Waals surface area contributed by atoms with Gasteiger partial charge >= 0.3 is 5.97 Å². The van der Waals surface area contributed by atoms with E-state index in [1.54, 1.807) is 24.3 Å². The SMILES string of the molecule is CC(C)(C)C(=O)NCc1ccc(C(=O)Nc2cc(C(=O)O)ccc2F)cc1. The first-order valence-corrected chi connectivity index (χ1v) is 8.29. The van der Waals surface area contributed by atoms with Crippen LogP contribution in [0.4, 0.5) is 10.1 Å². The highest BCUT2D eigenvalue weighted by molar-refractivity contribution is 6.04. The van der Waals surface area contributed by atoms with Gasteiger partial charge in [0.05, 0.1) is 11.3 Å². The molecule has 2 amide bonds. The Bertz CT molecular complexity index is 871. The Labute approximate surface area is 156 Å². The number of benzene rings is 2. The van der Waals surface area contributed by atoms with Gasteiger partial charge in [0.1, 0.15) is 5.82 Å². The van der Waals surface area contributed by atoms with E-state index in [0.29, 0.717) is 6.54 Å². The number of hydrogen-bond acceptors (Lipinski definition) is 3. The number of carboxylic acid groups (broad SMARTS) is 1. The molecular formula is C20H21FN2O4. The first-order chi connectivity index (χ1) is 12.6. The summed E-state index contributed by atoms with van der Waals surface area (Å²) < 4.78 is 13.8. The minimum Gasteiger partial charge on any atom is -0.478 e. The second-order valence-corrected chi connectivity index (χ2v) is 7.08. The zero-order valence-electron chi connectivity index (χ0n) is 15.3. The predicted octanol–water partition coefficient (Wildman–Crippen LogP) is 3.44. The van der Waals surface area contributed by atoms with Gasteiger partial charge in [-0.1, -0.05) is 32.9 Å². The largest absolute Gasteiger partial charge is 0.478 e. The van der Waals surface area contributed by atoms with Gasteiger partial charge in [-0.3, -0.25) is 9.59 Å². The highest BCUT2D eigenvalue weighted by Crippen LogP contribution is 2.18. The van der Waals surface area contributed by atoms with Crippen LogP contribution < -0.4 is 10.6 Å². The maximum atomic E-state index is 13.8. The van der Waals surface area contributed by atoms with Crippen LogP contribution >= 0.6 is 0 Å². The molecule has 0 heterocycles. The smallest absolute Gasteiger partial charge is 0.335 e. The van der Waals surface area contributed by atoms with Gasteiger partial charge in [0.15, 0.2) is 0 Å². The van der Waals surface area contributed by atoms with E-state index in [4.69, 9.17) is 5.11 Å². The lowest BCUT2D eigenvalue weighted by Crippen LogP contribution is -2.34. The molecule has 3 N–H and O–H groups in total. The average Bonchev–Trinajstić information content (AvgIpc) is 2.60. The maximum Gasteiger partial charge on any atom is 0.335 e. The van der Waals surface area contributed by atoms with Crippen LogP contribution in [0.25, 0.3) is 0 Å². The van der Waals surface area contributed by atoms with Crippen LogP contribution in [0.3, 0.4) is 0 Å². The van der Waals surface area contributed by atoms with Crippen LogP contribution in [-0.4, -0.2) is 22.9 Å². The predicted molar refractivity (Wildman–Crippen MR) is 99.1 cm³/mol. The fraction of sp³-hybridized carbons (Fsp3) is 0.250. The van der Waals surface area contributed by atoms with Crippen molar-refractivity contribution >= 4 is 23.5 Å². The minimum atomic E-state index is -1.22.